The van der Waals surface area contributed by atoms with Gasteiger partial charge in [-0.3, -0.25) is 4.79 Å². The molecule has 0 radical (unpaired) electrons. The number of hydrogen-bond acceptors (Lipinski definition) is 5. The first-order valence-corrected chi connectivity index (χ1v) is 8.28. The fourth-order valence-corrected chi connectivity index (χ4v) is 3.39. The number of likely N-dealkylation sites (tertiary alicyclic amines) is 1. The summed E-state index contributed by atoms with van der Waals surface area (Å²) >= 11 is 3.29. The molecule has 2 unspecified atom stereocenters. The number of anilines is 1. The second kappa shape index (κ2) is 6.27. The van der Waals surface area contributed by atoms with E-state index in [0.717, 1.165) is 6.42 Å². The maximum Gasteiger partial charge on any atom is 0.407 e. The Morgan fingerprint density at radius 3 is 2.88 bits per heavy atom. The number of rotatable bonds is 4. The lowest BCUT2D eigenvalue weighted by atomic mass is 10.0. The highest BCUT2D eigenvalue weighted by Crippen LogP contribution is 2.28. The van der Waals surface area contributed by atoms with Crippen molar-refractivity contribution in [3.63, 3.8) is 0 Å². The van der Waals surface area contributed by atoms with Crippen LogP contribution in [-0.4, -0.2) is 55.7 Å². The first-order valence-electron chi connectivity index (χ1n) is 7.48. The molecule has 0 aliphatic carbocycles. The Hall–Kier alpha value is -2.36. The zero-order valence-electron chi connectivity index (χ0n) is 12.9. The zero-order valence-corrected chi connectivity index (χ0v) is 14.5. The lowest BCUT2D eigenvalue weighted by Crippen LogP contribution is -2.32. The summed E-state index contributed by atoms with van der Waals surface area (Å²) in [7, 11) is 0. The van der Waals surface area contributed by atoms with E-state index in [2.05, 4.69) is 31.3 Å². The molecule has 1 aliphatic rings. The normalized spacial score (nSPS) is 20.5. The summed E-state index contributed by atoms with van der Waals surface area (Å²) in [6.45, 7) is 2.80. The number of hydrogen-bond donors (Lipinski definition) is 3. The minimum absolute atomic E-state index is 0.133. The highest BCUT2D eigenvalue weighted by molar-refractivity contribution is 9.10. The lowest BCUT2D eigenvalue weighted by Gasteiger charge is -2.21. The van der Waals surface area contributed by atoms with Crippen molar-refractivity contribution in [1.29, 1.82) is 0 Å². The van der Waals surface area contributed by atoms with Gasteiger partial charge in [0, 0.05) is 19.1 Å². The van der Waals surface area contributed by atoms with Gasteiger partial charge in [-0.25, -0.2) is 14.3 Å². The molecule has 2 amide bonds. The molecule has 2 aromatic rings. The van der Waals surface area contributed by atoms with Crippen LogP contribution in [0.2, 0.25) is 0 Å². The number of carbonyl (C=O) groups is 2. The number of nitrogens with one attached hydrogen (secondary N) is 1. The molecule has 2 aromatic heterocycles. The third-order valence-corrected chi connectivity index (χ3v) is 4.68. The van der Waals surface area contributed by atoms with E-state index in [1.807, 2.05) is 6.92 Å². The van der Waals surface area contributed by atoms with Crippen LogP contribution >= 0.6 is 15.9 Å². The standard InChI is InChI=1S/C14H17BrN6O3/c1-2-7-4-20(14(23)24)5-9(7)18-11-8(12(16)22)3-17-21-6-10(15)19-13(11)21/h3,6-7,9,18H,2,4-5H2,1H3,(H2,16,22)(H,23,24). The largest absolute Gasteiger partial charge is 0.465 e. The van der Waals surface area contributed by atoms with Gasteiger partial charge < -0.3 is 21.1 Å². The summed E-state index contributed by atoms with van der Waals surface area (Å²) in [5.74, 6) is -0.485. The molecule has 10 heteroatoms. The third kappa shape index (κ3) is 2.88. The van der Waals surface area contributed by atoms with Crippen molar-refractivity contribution in [2.45, 2.75) is 19.4 Å². The highest BCUT2D eigenvalue weighted by Gasteiger charge is 2.35. The number of aromatic nitrogens is 3. The van der Waals surface area contributed by atoms with Gasteiger partial charge in [-0.2, -0.15) is 5.10 Å². The van der Waals surface area contributed by atoms with Crippen molar-refractivity contribution in [3.8, 4) is 0 Å². The summed E-state index contributed by atoms with van der Waals surface area (Å²) in [6.07, 6.45) is 2.92. The Morgan fingerprint density at radius 1 is 1.50 bits per heavy atom. The van der Waals surface area contributed by atoms with E-state index in [4.69, 9.17) is 5.73 Å². The molecule has 128 valence electrons. The maximum atomic E-state index is 11.8. The summed E-state index contributed by atoms with van der Waals surface area (Å²) in [4.78, 5) is 28.7. The monoisotopic (exact) mass is 396 g/mol. The van der Waals surface area contributed by atoms with Crippen LogP contribution in [0.15, 0.2) is 17.0 Å². The first kappa shape index (κ1) is 16.5. The molecule has 0 bridgehead atoms. The third-order valence-electron chi connectivity index (χ3n) is 4.29. The number of imidazole rings is 1. The Morgan fingerprint density at radius 2 is 2.25 bits per heavy atom. The van der Waals surface area contributed by atoms with Gasteiger partial charge in [-0.05, 0) is 28.3 Å². The number of fused-ring (bicyclic) bond motifs is 1. The quantitative estimate of drug-likeness (QED) is 0.716. The van der Waals surface area contributed by atoms with Crippen LogP contribution in [0.25, 0.3) is 5.65 Å². The number of halogens is 1. The minimum Gasteiger partial charge on any atom is -0.465 e. The van der Waals surface area contributed by atoms with Crippen molar-refractivity contribution in [3.05, 3.63) is 22.6 Å². The van der Waals surface area contributed by atoms with Gasteiger partial charge >= 0.3 is 6.09 Å². The van der Waals surface area contributed by atoms with E-state index in [-0.39, 0.29) is 17.5 Å². The number of nitrogens with zero attached hydrogens (tertiary/aromatic N) is 4. The van der Waals surface area contributed by atoms with E-state index >= 15 is 0 Å². The van der Waals surface area contributed by atoms with Crippen molar-refractivity contribution >= 4 is 39.3 Å². The van der Waals surface area contributed by atoms with Crippen molar-refractivity contribution in [2.24, 2.45) is 11.7 Å². The maximum absolute atomic E-state index is 11.8. The van der Waals surface area contributed by atoms with Gasteiger partial charge in [0.25, 0.3) is 5.91 Å². The van der Waals surface area contributed by atoms with Crippen LogP contribution in [0.4, 0.5) is 10.5 Å². The average Bonchev–Trinajstić information content (AvgIpc) is 3.09. The molecule has 1 saturated heterocycles. The van der Waals surface area contributed by atoms with E-state index in [0.29, 0.717) is 29.0 Å². The van der Waals surface area contributed by atoms with Crippen molar-refractivity contribution in [2.75, 3.05) is 18.4 Å². The molecule has 0 saturated carbocycles. The SMILES string of the molecule is CCC1CN(C(=O)O)CC1Nc1c(C(N)=O)cnn2cc(Br)nc12. The molecule has 0 spiro atoms. The minimum atomic E-state index is -0.948. The summed E-state index contributed by atoms with van der Waals surface area (Å²) in [5, 5.41) is 16.6. The molecule has 1 fully saturated rings. The molecule has 0 aromatic carbocycles. The van der Waals surface area contributed by atoms with Crippen LogP contribution < -0.4 is 11.1 Å². The van der Waals surface area contributed by atoms with Crippen LogP contribution in [-0.2, 0) is 0 Å². The Balaban J connectivity index is 2.00. The molecule has 3 heterocycles. The number of carbonyl (C=O) groups excluding carboxylic acids is 1. The van der Waals surface area contributed by atoms with Crippen LogP contribution in [0.3, 0.4) is 0 Å². The second-order valence-electron chi connectivity index (χ2n) is 5.74. The van der Waals surface area contributed by atoms with Crippen LogP contribution in [0.5, 0.6) is 0 Å². The topological polar surface area (TPSA) is 126 Å². The smallest absolute Gasteiger partial charge is 0.407 e. The Kier molecular flexibility index (Phi) is 4.31. The number of primary amides is 1. The second-order valence-corrected chi connectivity index (χ2v) is 6.55. The number of carboxylic acid groups (broad SMARTS) is 1. The highest BCUT2D eigenvalue weighted by atomic mass is 79.9. The van der Waals surface area contributed by atoms with Crippen molar-refractivity contribution < 1.29 is 14.7 Å². The van der Waals surface area contributed by atoms with Gasteiger partial charge in [-0.1, -0.05) is 6.92 Å². The summed E-state index contributed by atoms with van der Waals surface area (Å²) < 4.78 is 2.11. The zero-order chi connectivity index (χ0) is 17.4. The van der Waals surface area contributed by atoms with Gasteiger partial charge in [0.15, 0.2) is 5.65 Å². The van der Waals surface area contributed by atoms with Crippen molar-refractivity contribution in [1.82, 2.24) is 19.5 Å². The van der Waals surface area contributed by atoms with E-state index in [1.54, 1.807) is 6.20 Å². The molecule has 3 rings (SSSR count). The van der Waals surface area contributed by atoms with Crippen LogP contribution in [0, 0.1) is 5.92 Å². The molecule has 2 atom stereocenters. The molecule has 1 aliphatic heterocycles. The van der Waals surface area contributed by atoms with Gasteiger partial charge in [0.1, 0.15) is 4.60 Å². The lowest BCUT2D eigenvalue weighted by molar-refractivity contribution is 0.100. The molecular weight excluding hydrogens is 380 g/mol. The molecule has 24 heavy (non-hydrogen) atoms. The first-order chi connectivity index (χ1) is 11.4. The number of amides is 2. The van der Waals surface area contributed by atoms with Gasteiger partial charge in [0.05, 0.1) is 23.6 Å². The summed E-state index contributed by atoms with van der Waals surface area (Å²) in [5.41, 5.74) is 6.61. The van der Waals surface area contributed by atoms with E-state index in [1.165, 1.54) is 15.6 Å². The molecule has 9 nitrogen and oxygen atoms in total. The predicted molar refractivity (Wildman–Crippen MR) is 90.0 cm³/mol. The fraction of sp³-hybridized carbons (Fsp3) is 0.429. The van der Waals surface area contributed by atoms with Gasteiger partial charge in [-0.15, -0.1) is 0 Å². The Labute approximate surface area is 146 Å². The average molecular weight is 397 g/mol. The Bertz CT molecular complexity index is 807. The van der Waals surface area contributed by atoms with Crippen LogP contribution in [0.1, 0.15) is 23.7 Å². The number of nitrogens with two attached hydrogens (primary N) is 1. The molecular formula is C14H17BrN6O3. The van der Waals surface area contributed by atoms with E-state index < -0.39 is 12.0 Å². The molecule has 4 N–H and O–H groups in total. The fourth-order valence-electron chi connectivity index (χ4n) is 3.03. The summed E-state index contributed by atoms with van der Waals surface area (Å²) in [6, 6.07) is -0.133. The van der Waals surface area contributed by atoms with Gasteiger partial charge in [0.2, 0.25) is 0 Å². The predicted octanol–water partition coefficient (Wildman–Crippen LogP) is 1.39. The van der Waals surface area contributed by atoms with E-state index in [9.17, 15) is 14.7 Å².